The summed E-state index contributed by atoms with van der Waals surface area (Å²) in [5, 5.41) is 10.1. The summed E-state index contributed by atoms with van der Waals surface area (Å²) >= 11 is 0. The van der Waals surface area contributed by atoms with Crippen molar-refractivity contribution in [2.75, 3.05) is 20.3 Å². The Hall–Kier alpha value is -0.610. The maximum atomic E-state index is 11.5. The van der Waals surface area contributed by atoms with Gasteiger partial charge in [0.2, 0.25) is 0 Å². The Kier molecular flexibility index (Phi) is 1.85. The van der Waals surface area contributed by atoms with Gasteiger partial charge in [0.1, 0.15) is 11.0 Å². The quantitative estimate of drug-likeness (QED) is 0.621. The molecule has 1 N–H and O–H groups in total. The van der Waals surface area contributed by atoms with Gasteiger partial charge in [-0.3, -0.25) is 4.79 Å². The molecule has 0 amide bonds. The zero-order valence-corrected chi connectivity index (χ0v) is 7.71. The number of rotatable bonds is 2. The van der Waals surface area contributed by atoms with Crippen LogP contribution >= 0.6 is 0 Å². The molecular weight excluding hydrogens is 172 g/mol. The van der Waals surface area contributed by atoms with Crippen LogP contribution in [0.4, 0.5) is 0 Å². The Labute approximate surface area is 76.8 Å². The second-order valence-corrected chi connectivity index (χ2v) is 3.95. The van der Waals surface area contributed by atoms with E-state index < -0.39 is 11.0 Å². The second-order valence-electron chi connectivity index (χ2n) is 3.95. The number of esters is 1. The lowest BCUT2D eigenvalue weighted by atomic mass is 9.57. The highest BCUT2D eigenvalue weighted by Gasteiger charge is 2.63. The minimum absolute atomic E-state index is 0.266. The van der Waals surface area contributed by atoms with E-state index in [-0.39, 0.29) is 19.2 Å². The van der Waals surface area contributed by atoms with Crippen molar-refractivity contribution in [1.29, 1.82) is 0 Å². The van der Waals surface area contributed by atoms with Crippen molar-refractivity contribution in [3.63, 3.8) is 0 Å². The summed E-state index contributed by atoms with van der Waals surface area (Å²) in [4.78, 5) is 11.5. The first-order chi connectivity index (χ1) is 6.15. The molecule has 0 atom stereocenters. The van der Waals surface area contributed by atoms with Crippen LogP contribution in [0.3, 0.4) is 0 Å². The third-order valence-electron chi connectivity index (χ3n) is 3.36. The van der Waals surface area contributed by atoms with Crippen LogP contribution in [-0.4, -0.2) is 37.0 Å². The Balaban J connectivity index is 2.19. The average Bonchev–Trinajstić information content (AvgIpc) is 1.98. The van der Waals surface area contributed by atoms with Gasteiger partial charge in [0.25, 0.3) is 0 Å². The van der Waals surface area contributed by atoms with E-state index >= 15 is 0 Å². The first-order valence-corrected chi connectivity index (χ1v) is 4.53. The number of carbonyl (C=O) groups excluding carboxylic acids is 1. The molecule has 1 aliphatic heterocycles. The first kappa shape index (κ1) is 8.97. The van der Waals surface area contributed by atoms with Crippen molar-refractivity contribution in [3.05, 3.63) is 0 Å². The van der Waals surface area contributed by atoms with Gasteiger partial charge in [0.15, 0.2) is 0 Å². The van der Waals surface area contributed by atoms with Gasteiger partial charge in [-0.15, -0.1) is 0 Å². The topological polar surface area (TPSA) is 55.8 Å². The molecule has 0 aromatic heterocycles. The highest BCUT2D eigenvalue weighted by Crippen LogP contribution is 2.52. The molecule has 0 spiro atoms. The van der Waals surface area contributed by atoms with Crippen molar-refractivity contribution in [1.82, 2.24) is 0 Å². The molecule has 1 aliphatic carbocycles. The Morgan fingerprint density at radius 2 is 2.08 bits per heavy atom. The number of hydrogen-bond acceptors (Lipinski definition) is 4. The molecule has 2 rings (SSSR count). The van der Waals surface area contributed by atoms with Gasteiger partial charge < -0.3 is 14.6 Å². The molecule has 1 heterocycles. The van der Waals surface area contributed by atoms with E-state index in [0.29, 0.717) is 0 Å². The Morgan fingerprint density at radius 3 is 2.31 bits per heavy atom. The maximum absolute atomic E-state index is 11.5. The highest BCUT2D eigenvalue weighted by molar-refractivity contribution is 5.79. The molecule has 0 bridgehead atoms. The molecule has 0 aromatic carbocycles. The van der Waals surface area contributed by atoms with E-state index in [1.54, 1.807) is 0 Å². The van der Waals surface area contributed by atoms with Crippen LogP contribution in [0.25, 0.3) is 0 Å². The molecule has 1 saturated carbocycles. The lowest BCUT2D eigenvalue weighted by molar-refractivity contribution is -0.262. The third kappa shape index (κ3) is 0.957. The van der Waals surface area contributed by atoms with Crippen LogP contribution in [0.15, 0.2) is 0 Å². The van der Waals surface area contributed by atoms with Crippen LogP contribution in [0.1, 0.15) is 19.3 Å². The fraction of sp³-hybridized carbons (Fsp3) is 0.889. The fourth-order valence-electron chi connectivity index (χ4n) is 2.16. The molecule has 2 fully saturated rings. The molecule has 1 saturated heterocycles. The second kappa shape index (κ2) is 2.69. The van der Waals surface area contributed by atoms with Gasteiger partial charge in [-0.25, -0.2) is 0 Å². The predicted molar refractivity (Wildman–Crippen MR) is 44.1 cm³/mol. The summed E-state index contributed by atoms with van der Waals surface area (Å²) in [6, 6.07) is 0. The summed E-state index contributed by atoms with van der Waals surface area (Å²) in [6.07, 6.45) is 2.43. The van der Waals surface area contributed by atoms with Crippen molar-refractivity contribution < 1.29 is 19.4 Å². The molecule has 2 aliphatic rings. The van der Waals surface area contributed by atoms with Crippen LogP contribution in [-0.2, 0) is 14.3 Å². The minimum atomic E-state index is -0.960. The number of hydrogen-bond donors (Lipinski definition) is 1. The highest BCUT2D eigenvalue weighted by atomic mass is 16.6. The summed E-state index contributed by atoms with van der Waals surface area (Å²) in [5.74, 6) is -0.287. The zero-order valence-electron chi connectivity index (χ0n) is 7.71. The summed E-state index contributed by atoms with van der Waals surface area (Å²) in [5.41, 5.74) is -1.63. The smallest absolute Gasteiger partial charge is 0.314 e. The van der Waals surface area contributed by atoms with E-state index in [2.05, 4.69) is 0 Å². The molecule has 0 unspecified atom stereocenters. The molecule has 13 heavy (non-hydrogen) atoms. The lowest BCUT2D eigenvalue weighted by Gasteiger charge is -2.54. The Bertz CT molecular complexity index is 228. The van der Waals surface area contributed by atoms with Gasteiger partial charge in [-0.2, -0.15) is 0 Å². The van der Waals surface area contributed by atoms with Crippen LogP contribution in [0.5, 0.6) is 0 Å². The molecule has 0 aromatic rings. The third-order valence-corrected chi connectivity index (χ3v) is 3.36. The van der Waals surface area contributed by atoms with Crippen molar-refractivity contribution in [2.24, 2.45) is 5.41 Å². The van der Waals surface area contributed by atoms with Gasteiger partial charge in [0, 0.05) is 0 Å². The van der Waals surface area contributed by atoms with E-state index in [9.17, 15) is 9.90 Å². The molecule has 4 heteroatoms. The van der Waals surface area contributed by atoms with E-state index in [1.807, 2.05) is 0 Å². The summed E-state index contributed by atoms with van der Waals surface area (Å²) < 4.78 is 9.68. The monoisotopic (exact) mass is 186 g/mol. The van der Waals surface area contributed by atoms with E-state index in [1.165, 1.54) is 7.11 Å². The van der Waals surface area contributed by atoms with Gasteiger partial charge in [-0.1, -0.05) is 6.42 Å². The summed E-state index contributed by atoms with van der Waals surface area (Å²) in [7, 11) is 1.37. The predicted octanol–water partition coefficient (Wildman–Crippen LogP) is 0.0910. The SMILES string of the molecule is COC(=O)C1(C2(O)COC2)CCC1. The average molecular weight is 186 g/mol. The normalized spacial score (nSPS) is 28.5. The number of carbonyl (C=O) groups is 1. The summed E-state index contributed by atoms with van der Waals surface area (Å²) in [6.45, 7) is 0.532. The van der Waals surface area contributed by atoms with Crippen molar-refractivity contribution in [3.8, 4) is 0 Å². The van der Waals surface area contributed by atoms with E-state index in [0.717, 1.165) is 19.3 Å². The van der Waals surface area contributed by atoms with Crippen LogP contribution in [0.2, 0.25) is 0 Å². The largest absolute Gasteiger partial charge is 0.469 e. The zero-order chi connectivity index (χ0) is 9.53. The standard InChI is InChI=1S/C9H14O4/c1-12-7(10)8(3-2-4-8)9(11)5-13-6-9/h11H,2-6H2,1H3. The van der Waals surface area contributed by atoms with Gasteiger partial charge in [-0.05, 0) is 12.8 Å². The molecular formula is C9H14O4. The molecule has 4 nitrogen and oxygen atoms in total. The first-order valence-electron chi connectivity index (χ1n) is 4.53. The maximum Gasteiger partial charge on any atom is 0.314 e. The van der Waals surface area contributed by atoms with Crippen LogP contribution in [0, 0.1) is 5.41 Å². The lowest BCUT2D eigenvalue weighted by Crippen LogP contribution is -2.67. The van der Waals surface area contributed by atoms with Crippen molar-refractivity contribution in [2.45, 2.75) is 24.9 Å². The number of ether oxygens (including phenoxy) is 2. The number of aliphatic hydroxyl groups is 1. The Morgan fingerprint density at radius 1 is 1.46 bits per heavy atom. The minimum Gasteiger partial charge on any atom is -0.469 e. The fourth-order valence-corrected chi connectivity index (χ4v) is 2.16. The molecule has 0 radical (unpaired) electrons. The van der Waals surface area contributed by atoms with Crippen molar-refractivity contribution >= 4 is 5.97 Å². The van der Waals surface area contributed by atoms with E-state index in [4.69, 9.17) is 9.47 Å². The van der Waals surface area contributed by atoms with Gasteiger partial charge >= 0.3 is 5.97 Å². The van der Waals surface area contributed by atoms with Crippen LogP contribution < -0.4 is 0 Å². The molecule has 74 valence electrons. The van der Waals surface area contributed by atoms with Gasteiger partial charge in [0.05, 0.1) is 20.3 Å². The number of methoxy groups -OCH3 is 1.